The van der Waals surface area contributed by atoms with E-state index in [4.69, 9.17) is 0 Å². The Balaban J connectivity index is 1.76. The van der Waals surface area contributed by atoms with Gasteiger partial charge in [0.05, 0.1) is 28.3 Å². The van der Waals surface area contributed by atoms with Crippen molar-refractivity contribution in [2.75, 3.05) is 10.6 Å². The second-order valence-corrected chi connectivity index (χ2v) is 5.95. The van der Waals surface area contributed by atoms with Crippen molar-refractivity contribution in [3.05, 3.63) is 42.2 Å². The fourth-order valence-electron chi connectivity index (χ4n) is 2.71. The van der Waals surface area contributed by atoms with Crippen molar-refractivity contribution in [3.8, 4) is 0 Å². The monoisotopic (exact) mass is 293 g/mol. The maximum absolute atomic E-state index is 12.0. The van der Waals surface area contributed by atoms with Crippen LogP contribution in [0.25, 0.3) is 11.0 Å². The van der Waals surface area contributed by atoms with Crippen LogP contribution in [0.15, 0.2) is 36.7 Å². The number of rotatable bonds is 2. The summed E-state index contributed by atoms with van der Waals surface area (Å²) < 4.78 is 0. The van der Waals surface area contributed by atoms with Gasteiger partial charge in [-0.1, -0.05) is 0 Å². The van der Waals surface area contributed by atoms with Gasteiger partial charge in [0, 0.05) is 11.9 Å². The first-order chi connectivity index (χ1) is 10.5. The Morgan fingerprint density at radius 1 is 1.27 bits per heavy atom. The predicted octanol–water partition coefficient (Wildman–Crippen LogP) is 2.93. The second-order valence-electron chi connectivity index (χ2n) is 5.95. The summed E-state index contributed by atoms with van der Waals surface area (Å²) in [6, 6.07) is 7.67. The molecule has 0 saturated carbocycles. The molecule has 0 unspecified atom stereocenters. The third kappa shape index (κ3) is 1.84. The van der Waals surface area contributed by atoms with Crippen LogP contribution in [-0.2, 0) is 10.2 Å². The molecule has 1 aromatic carbocycles. The van der Waals surface area contributed by atoms with Crippen molar-refractivity contribution in [2.45, 2.75) is 19.3 Å². The van der Waals surface area contributed by atoms with Crippen LogP contribution >= 0.6 is 0 Å². The molecule has 0 spiro atoms. The lowest BCUT2D eigenvalue weighted by Crippen LogP contribution is -2.26. The van der Waals surface area contributed by atoms with Gasteiger partial charge in [0.15, 0.2) is 0 Å². The predicted molar refractivity (Wildman–Crippen MR) is 85.3 cm³/mol. The number of nitrogens with zero attached hydrogens (tertiary/aromatic N) is 2. The smallest absolute Gasteiger partial charge is 0.234 e. The average Bonchev–Trinajstić information content (AvgIpc) is 2.97. The van der Waals surface area contributed by atoms with Crippen LogP contribution in [0.2, 0.25) is 0 Å². The molecule has 0 radical (unpaired) electrons. The van der Waals surface area contributed by atoms with Gasteiger partial charge in [0.1, 0.15) is 0 Å². The Bertz CT molecular complexity index is 882. The third-order valence-corrected chi connectivity index (χ3v) is 4.03. The zero-order valence-electron chi connectivity index (χ0n) is 12.3. The van der Waals surface area contributed by atoms with E-state index in [1.807, 2.05) is 38.1 Å². The Hall–Kier alpha value is -2.89. The fourth-order valence-corrected chi connectivity index (χ4v) is 2.71. The number of anilines is 3. The number of aromatic amines is 1. The number of nitrogens with one attached hydrogen (secondary N) is 3. The van der Waals surface area contributed by atoms with E-state index in [1.165, 1.54) is 0 Å². The molecule has 2 aromatic heterocycles. The summed E-state index contributed by atoms with van der Waals surface area (Å²) in [5.41, 5.74) is 3.86. The number of hydrogen-bond donors (Lipinski definition) is 3. The molecule has 0 aliphatic carbocycles. The van der Waals surface area contributed by atoms with Crippen LogP contribution in [0.4, 0.5) is 17.3 Å². The van der Waals surface area contributed by atoms with E-state index in [1.54, 1.807) is 12.4 Å². The molecule has 0 bridgehead atoms. The highest BCUT2D eigenvalue weighted by Gasteiger charge is 2.38. The Morgan fingerprint density at radius 3 is 2.91 bits per heavy atom. The summed E-state index contributed by atoms with van der Waals surface area (Å²) in [4.78, 5) is 23.8. The molecule has 3 heterocycles. The van der Waals surface area contributed by atoms with E-state index in [0.717, 1.165) is 28.0 Å². The SMILES string of the molecule is CC1(C)C(=O)Nc2cc3[nH]c(Nc4cccnc4)nc3cc21. The first-order valence-electron chi connectivity index (χ1n) is 7.07. The first kappa shape index (κ1) is 12.8. The summed E-state index contributed by atoms with van der Waals surface area (Å²) in [5, 5.41) is 6.10. The van der Waals surface area contributed by atoms with Gasteiger partial charge < -0.3 is 15.6 Å². The minimum absolute atomic E-state index is 0.0175. The van der Waals surface area contributed by atoms with Gasteiger partial charge in [-0.2, -0.15) is 0 Å². The molecule has 6 heteroatoms. The molecular formula is C16H15N5O. The summed E-state index contributed by atoms with van der Waals surface area (Å²) in [7, 11) is 0. The van der Waals surface area contributed by atoms with Crippen LogP contribution in [-0.4, -0.2) is 20.9 Å². The standard InChI is InChI=1S/C16H15N5O/c1-16(2)10-6-12-13(7-11(10)19-14(16)22)21-15(20-12)18-9-4-3-5-17-8-9/h3-8H,1-2H3,(H,19,22)(H2,18,20,21). The molecule has 1 aliphatic heterocycles. The topological polar surface area (TPSA) is 82.7 Å². The van der Waals surface area contributed by atoms with Gasteiger partial charge in [-0.25, -0.2) is 4.98 Å². The van der Waals surface area contributed by atoms with Crippen LogP contribution in [0.5, 0.6) is 0 Å². The number of hydrogen-bond acceptors (Lipinski definition) is 4. The Labute approximate surface area is 127 Å². The molecule has 6 nitrogen and oxygen atoms in total. The molecule has 3 aromatic rings. The minimum Gasteiger partial charge on any atom is -0.325 e. The van der Waals surface area contributed by atoms with E-state index in [0.29, 0.717) is 5.95 Å². The maximum Gasteiger partial charge on any atom is 0.234 e. The summed E-state index contributed by atoms with van der Waals surface area (Å²) >= 11 is 0. The number of pyridine rings is 1. The van der Waals surface area contributed by atoms with Crippen molar-refractivity contribution >= 4 is 34.3 Å². The van der Waals surface area contributed by atoms with Crippen LogP contribution in [0.1, 0.15) is 19.4 Å². The van der Waals surface area contributed by atoms with Crippen LogP contribution in [0.3, 0.4) is 0 Å². The van der Waals surface area contributed by atoms with Crippen molar-refractivity contribution < 1.29 is 4.79 Å². The fraction of sp³-hybridized carbons (Fsp3) is 0.188. The molecule has 3 N–H and O–H groups in total. The van der Waals surface area contributed by atoms with Gasteiger partial charge >= 0.3 is 0 Å². The van der Waals surface area contributed by atoms with Crippen molar-refractivity contribution in [1.29, 1.82) is 0 Å². The van der Waals surface area contributed by atoms with E-state index in [-0.39, 0.29) is 5.91 Å². The molecule has 1 aliphatic rings. The third-order valence-electron chi connectivity index (χ3n) is 4.03. The second kappa shape index (κ2) is 4.30. The first-order valence-corrected chi connectivity index (χ1v) is 7.07. The lowest BCUT2D eigenvalue weighted by Gasteiger charge is -2.14. The summed E-state index contributed by atoms with van der Waals surface area (Å²) in [6.45, 7) is 3.84. The molecule has 110 valence electrons. The van der Waals surface area contributed by atoms with Gasteiger partial charge in [0.25, 0.3) is 0 Å². The summed E-state index contributed by atoms with van der Waals surface area (Å²) in [5.74, 6) is 0.666. The van der Waals surface area contributed by atoms with Gasteiger partial charge in [0.2, 0.25) is 11.9 Å². The molecule has 0 fully saturated rings. The van der Waals surface area contributed by atoms with Crippen molar-refractivity contribution in [1.82, 2.24) is 15.0 Å². The molecule has 0 atom stereocenters. The van der Waals surface area contributed by atoms with Crippen LogP contribution < -0.4 is 10.6 Å². The van der Waals surface area contributed by atoms with Gasteiger partial charge in [-0.05, 0) is 43.7 Å². The van der Waals surface area contributed by atoms with E-state index >= 15 is 0 Å². The normalized spacial score (nSPS) is 15.6. The largest absolute Gasteiger partial charge is 0.325 e. The number of aromatic nitrogens is 3. The Kier molecular flexibility index (Phi) is 2.51. The number of fused-ring (bicyclic) bond motifs is 2. The Morgan fingerprint density at radius 2 is 2.14 bits per heavy atom. The van der Waals surface area contributed by atoms with E-state index in [9.17, 15) is 4.79 Å². The number of carbonyl (C=O) groups excluding carboxylic acids is 1. The van der Waals surface area contributed by atoms with Crippen molar-refractivity contribution in [3.63, 3.8) is 0 Å². The van der Waals surface area contributed by atoms with Crippen LogP contribution in [0, 0.1) is 0 Å². The highest BCUT2D eigenvalue weighted by atomic mass is 16.2. The number of benzene rings is 1. The maximum atomic E-state index is 12.0. The van der Waals surface area contributed by atoms with E-state index in [2.05, 4.69) is 25.6 Å². The van der Waals surface area contributed by atoms with Gasteiger partial charge in [-0.3, -0.25) is 9.78 Å². The quantitative estimate of drug-likeness (QED) is 0.678. The zero-order chi connectivity index (χ0) is 15.3. The minimum atomic E-state index is -0.528. The van der Waals surface area contributed by atoms with Gasteiger partial charge in [-0.15, -0.1) is 0 Å². The highest BCUT2D eigenvalue weighted by molar-refractivity contribution is 6.07. The number of H-pyrrole nitrogens is 1. The lowest BCUT2D eigenvalue weighted by molar-refractivity contribution is -0.119. The zero-order valence-corrected chi connectivity index (χ0v) is 12.3. The number of amides is 1. The lowest BCUT2D eigenvalue weighted by atomic mass is 9.86. The van der Waals surface area contributed by atoms with E-state index < -0.39 is 5.41 Å². The number of carbonyl (C=O) groups is 1. The van der Waals surface area contributed by atoms with Crippen molar-refractivity contribution in [2.24, 2.45) is 0 Å². The summed E-state index contributed by atoms with van der Waals surface area (Å²) in [6.07, 6.45) is 3.45. The molecule has 22 heavy (non-hydrogen) atoms. The molecule has 1 amide bonds. The molecular weight excluding hydrogens is 278 g/mol. The number of imidazole rings is 1. The molecule has 0 saturated heterocycles. The highest BCUT2D eigenvalue weighted by Crippen LogP contribution is 2.39. The average molecular weight is 293 g/mol. The molecule has 4 rings (SSSR count).